The summed E-state index contributed by atoms with van der Waals surface area (Å²) in [5.41, 5.74) is 4.18. The van der Waals surface area contributed by atoms with Crippen LogP contribution < -0.4 is 10.2 Å². The van der Waals surface area contributed by atoms with Gasteiger partial charge >= 0.3 is 0 Å². The first-order chi connectivity index (χ1) is 16.6. The van der Waals surface area contributed by atoms with E-state index >= 15 is 0 Å². The number of hydrogen-bond acceptors (Lipinski definition) is 6. The monoisotopic (exact) mass is 495 g/mol. The number of carbonyl (C=O) groups excluding carboxylic acids is 1. The summed E-state index contributed by atoms with van der Waals surface area (Å²) in [6, 6.07) is 21.4. The van der Waals surface area contributed by atoms with Crippen molar-refractivity contribution in [2.24, 2.45) is 5.10 Å². The number of rotatable bonds is 8. The van der Waals surface area contributed by atoms with Crippen molar-refractivity contribution < 1.29 is 13.9 Å². The Balaban J connectivity index is 1.51. The summed E-state index contributed by atoms with van der Waals surface area (Å²) in [5.74, 6) is 0.474. The lowest BCUT2D eigenvalue weighted by molar-refractivity contribution is -0.118. The van der Waals surface area contributed by atoms with Gasteiger partial charge in [-0.3, -0.25) is 9.36 Å². The number of benzene rings is 3. The Morgan fingerprint density at radius 2 is 1.88 bits per heavy atom. The molecule has 0 aliphatic rings. The van der Waals surface area contributed by atoms with Crippen LogP contribution in [0.25, 0.3) is 17.1 Å². The minimum Gasteiger partial charge on any atom is -0.497 e. The Kier molecular flexibility index (Phi) is 7.56. The lowest BCUT2D eigenvalue weighted by Crippen LogP contribution is -2.20. The predicted octanol–water partition coefficient (Wildman–Crippen LogP) is 4.98. The number of para-hydroxylation sites is 1. The van der Waals surface area contributed by atoms with Crippen LogP contribution in [0.5, 0.6) is 5.75 Å². The van der Waals surface area contributed by atoms with Crippen molar-refractivity contribution in [1.82, 2.24) is 20.2 Å². The van der Waals surface area contributed by atoms with Gasteiger partial charge in [0.05, 0.1) is 24.1 Å². The van der Waals surface area contributed by atoms with Crippen molar-refractivity contribution in [2.75, 3.05) is 12.9 Å². The van der Waals surface area contributed by atoms with Crippen LogP contribution >= 0.6 is 23.4 Å². The summed E-state index contributed by atoms with van der Waals surface area (Å²) < 4.78 is 20.9. The fourth-order valence-corrected chi connectivity index (χ4v) is 4.02. The van der Waals surface area contributed by atoms with Gasteiger partial charge in [-0.2, -0.15) is 5.10 Å². The molecule has 0 radical (unpaired) electrons. The summed E-state index contributed by atoms with van der Waals surface area (Å²) >= 11 is 7.16. The zero-order chi connectivity index (χ0) is 23.9. The van der Waals surface area contributed by atoms with Crippen LogP contribution in [0.1, 0.15) is 5.56 Å². The van der Waals surface area contributed by atoms with Gasteiger partial charge in [-0.05, 0) is 48.5 Å². The fraction of sp³-hybridized carbons (Fsp3) is 0.0833. The SMILES string of the molecule is COc1ccc(-c2nnc(SCC(=O)N/N=C\c3c(F)cccc3Cl)n2-c2ccccc2)cc1. The topological polar surface area (TPSA) is 81.4 Å². The Hall–Kier alpha value is -3.69. The van der Waals surface area contributed by atoms with Gasteiger partial charge in [0.15, 0.2) is 11.0 Å². The van der Waals surface area contributed by atoms with Crippen molar-refractivity contribution in [1.29, 1.82) is 0 Å². The Morgan fingerprint density at radius 3 is 2.59 bits per heavy atom. The third-order valence-corrected chi connectivity index (χ3v) is 5.97. The molecule has 0 atom stereocenters. The van der Waals surface area contributed by atoms with Gasteiger partial charge in [0.1, 0.15) is 11.6 Å². The second-order valence-corrected chi connectivity index (χ2v) is 8.27. The molecular formula is C24H19ClFN5O2S. The van der Waals surface area contributed by atoms with Gasteiger partial charge in [0, 0.05) is 16.8 Å². The average molecular weight is 496 g/mol. The molecule has 0 aliphatic carbocycles. The molecule has 0 saturated heterocycles. The number of thioether (sulfide) groups is 1. The van der Waals surface area contributed by atoms with E-state index < -0.39 is 5.82 Å². The Labute approximate surface area is 204 Å². The van der Waals surface area contributed by atoms with E-state index in [1.165, 1.54) is 30.1 Å². The maximum absolute atomic E-state index is 13.8. The number of aromatic nitrogens is 3. The Morgan fingerprint density at radius 1 is 1.12 bits per heavy atom. The van der Waals surface area contributed by atoms with E-state index in [4.69, 9.17) is 16.3 Å². The molecule has 1 N–H and O–H groups in total. The molecule has 0 bridgehead atoms. The van der Waals surface area contributed by atoms with Crippen molar-refractivity contribution >= 4 is 35.5 Å². The number of hydrogen-bond donors (Lipinski definition) is 1. The van der Waals surface area contributed by atoms with Crippen molar-refractivity contribution in [2.45, 2.75) is 5.16 Å². The summed E-state index contributed by atoms with van der Waals surface area (Å²) in [4.78, 5) is 12.3. The highest BCUT2D eigenvalue weighted by atomic mass is 35.5. The van der Waals surface area contributed by atoms with Crippen LogP contribution in [0.2, 0.25) is 5.02 Å². The van der Waals surface area contributed by atoms with Gasteiger partial charge in [-0.1, -0.05) is 47.6 Å². The summed E-state index contributed by atoms with van der Waals surface area (Å²) in [5, 5.41) is 13.2. The smallest absolute Gasteiger partial charge is 0.250 e. The number of hydrazone groups is 1. The molecule has 7 nitrogen and oxygen atoms in total. The van der Waals surface area contributed by atoms with Gasteiger partial charge in [-0.15, -0.1) is 10.2 Å². The van der Waals surface area contributed by atoms with E-state index in [9.17, 15) is 9.18 Å². The van der Waals surface area contributed by atoms with Gasteiger partial charge < -0.3 is 4.74 Å². The lowest BCUT2D eigenvalue weighted by atomic mass is 10.2. The summed E-state index contributed by atoms with van der Waals surface area (Å²) in [7, 11) is 1.61. The van der Waals surface area contributed by atoms with Crippen molar-refractivity contribution in [3.05, 3.63) is 89.2 Å². The number of halogens is 2. The third-order valence-electron chi connectivity index (χ3n) is 4.71. The van der Waals surface area contributed by atoms with E-state index in [2.05, 4.69) is 20.7 Å². The number of ether oxygens (including phenoxy) is 1. The fourth-order valence-electron chi connectivity index (χ4n) is 3.07. The molecule has 34 heavy (non-hydrogen) atoms. The van der Waals surface area contributed by atoms with Crippen LogP contribution in [0.4, 0.5) is 4.39 Å². The molecule has 1 amide bonds. The lowest BCUT2D eigenvalue weighted by Gasteiger charge is -2.10. The summed E-state index contributed by atoms with van der Waals surface area (Å²) in [6.07, 6.45) is 1.18. The Bertz CT molecular complexity index is 1290. The molecule has 0 aliphatic heterocycles. The van der Waals surface area contributed by atoms with Crippen molar-refractivity contribution in [3.8, 4) is 22.8 Å². The van der Waals surface area contributed by atoms with E-state index in [1.807, 2.05) is 59.2 Å². The quantitative estimate of drug-likeness (QED) is 0.212. The highest BCUT2D eigenvalue weighted by molar-refractivity contribution is 7.99. The van der Waals surface area contributed by atoms with Gasteiger partial charge in [0.25, 0.3) is 5.91 Å². The second kappa shape index (κ2) is 11.0. The largest absolute Gasteiger partial charge is 0.497 e. The normalized spacial score (nSPS) is 11.0. The van der Waals surface area contributed by atoms with Crippen LogP contribution in [-0.4, -0.2) is 39.7 Å². The zero-order valence-electron chi connectivity index (χ0n) is 18.0. The first kappa shape index (κ1) is 23.5. The number of amides is 1. The van der Waals surface area contributed by atoms with E-state index in [-0.39, 0.29) is 22.2 Å². The van der Waals surface area contributed by atoms with E-state index in [0.29, 0.717) is 11.0 Å². The zero-order valence-corrected chi connectivity index (χ0v) is 19.6. The van der Waals surface area contributed by atoms with Crippen LogP contribution in [0, 0.1) is 5.82 Å². The number of nitrogens with one attached hydrogen (secondary N) is 1. The standard InChI is InChI=1S/C24H19ClFN5O2S/c1-33-18-12-10-16(11-13-18)23-29-30-24(31(23)17-6-3-2-4-7-17)34-15-22(32)28-27-14-19-20(25)8-5-9-21(19)26/h2-14H,15H2,1H3,(H,28,32)/b27-14-. The first-order valence-electron chi connectivity index (χ1n) is 10.1. The molecule has 1 aromatic heterocycles. The molecular weight excluding hydrogens is 477 g/mol. The number of nitrogens with zero attached hydrogens (tertiary/aromatic N) is 4. The van der Waals surface area contributed by atoms with Crippen LogP contribution in [0.3, 0.4) is 0 Å². The first-order valence-corrected chi connectivity index (χ1v) is 11.5. The second-order valence-electron chi connectivity index (χ2n) is 6.92. The minimum absolute atomic E-state index is 0.0237. The van der Waals surface area contributed by atoms with Gasteiger partial charge in [0.2, 0.25) is 0 Å². The van der Waals surface area contributed by atoms with E-state index in [0.717, 1.165) is 17.0 Å². The maximum atomic E-state index is 13.8. The molecule has 0 fully saturated rings. The molecule has 4 rings (SSSR count). The molecule has 10 heteroatoms. The molecule has 0 spiro atoms. The van der Waals surface area contributed by atoms with Crippen LogP contribution in [-0.2, 0) is 4.79 Å². The molecule has 1 heterocycles. The minimum atomic E-state index is -0.526. The maximum Gasteiger partial charge on any atom is 0.250 e. The summed E-state index contributed by atoms with van der Waals surface area (Å²) in [6.45, 7) is 0. The number of methoxy groups -OCH3 is 1. The van der Waals surface area contributed by atoms with Crippen molar-refractivity contribution in [3.63, 3.8) is 0 Å². The third kappa shape index (κ3) is 5.44. The molecule has 172 valence electrons. The average Bonchev–Trinajstić information content (AvgIpc) is 3.29. The highest BCUT2D eigenvalue weighted by Gasteiger charge is 2.17. The number of carbonyl (C=O) groups is 1. The molecule has 0 unspecified atom stereocenters. The molecule has 3 aromatic carbocycles. The highest BCUT2D eigenvalue weighted by Crippen LogP contribution is 2.29. The molecule has 4 aromatic rings. The predicted molar refractivity (Wildman–Crippen MR) is 131 cm³/mol. The van der Waals surface area contributed by atoms with E-state index in [1.54, 1.807) is 13.2 Å². The van der Waals surface area contributed by atoms with Crippen LogP contribution in [0.15, 0.2) is 83.1 Å². The van der Waals surface area contributed by atoms with Gasteiger partial charge in [-0.25, -0.2) is 9.82 Å². The molecule has 0 saturated carbocycles.